The number of nitrogens with zero attached hydrogens (tertiary/aromatic N) is 3. The Morgan fingerprint density at radius 2 is 1.85 bits per heavy atom. The highest BCUT2D eigenvalue weighted by atomic mass is 32.1. The normalized spacial score (nSPS) is 19.7. The van der Waals surface area contributed by atoms with Gasteiger partial charge in [0.05, 0.1) is 5.56 Å². The molecule has 0 aromatic carbocycles. The minimum atomic E-state index is -0.260. The van der Waals surface area contributed by atoms with Crippen LogP contribution in [0.25, 0.3) is 6.08 Å². The molecule has 2 fully saturated rings. The molecule has 6 nitrogen and oxygen atoms in total. The maximum atomic E-state index is 12.6. The van der Waals surface area contributed by atoms with Gasteiger partial charge in [-0.15, -0.1) is 12.6 Å². The Kier molecular flexibility index (Phi) is 7.13. The molecule has 0 bridgehead atoms. The van der Waals surface area contributed by atoms with Crippen molar-refractivity contribution in [1.82, 2.24) is 19.8 Å². The van der Waals surface area contributed by atoms with Gasteiger partial charge in [0.25, 0.3) is 5.56 Å². The summed E-state index contributed by atoms with van der Waals surface area (Å²) in [5, 5.41) is 0.355. The van der Waals surface area contributed by atoms with Crippen molar-refractivity contribution >= 4 is 24.6 Å². The Morgan fingerprint density at radius 1 is 1.19 bits per heavy atom. The van der Waals surface area contributed by atoms with E-state index in [-0.39, 0.29) is 11.5 Å². The monoisotopic (exact) mass is 390 g/mol. The number of hydrogen-bond acceptors (Lipinski definition) is 5. The number of nitrogens with one attached hydrogen (secondary N) is 1. The van der Waals surface area contributed by atoms with E-state index in [0.29, 0.717) is 35.3 Å². The summed E-state index contributed by atoms with van der Waals surface area (Å²) in [5.41, 5.74) is 0.104. The van der Waals surface area contributed by atoms with Crippen LogP contribution in [0.15, 0.2) is 16.4 Å². The highest BCUT2D eigenvalue weighted by Gasteiger charge is 2.26. The van der Waals surface area contributed by atoms with Gasteiger partial charge in [-0.1, -0.05) is 38.3 Å². The first kappa shape index (κ1) is 20.1. The number of carbonyl (C=O) groups is 1. The van der Waals surface area contributed by atoms with E-state index in [4.69, 9.17) is 0 Å². The lowest BCUT2D eigenvalue weighted by Gasteiger charge is -2.39. The summed E-state index contributed by atoms with van der Waals surface area (Å²) >= 11 is 4.23. The van der Waals surface area contributed by atoms with E-state index < -0.39 is 0 Å². The first-order valence-corrected chi connectivity index (χ1v) is 10.5. The molecule has 1 aliphatic carbocycles. The van der Waals surface area contributed by atoms with E-state index in [1.165, 1.54) is 44.6 Å². The Labute approximate surface area is 166 Å². The lowest BCUT2D eigenvalue weighted by atomic mass is 10.1. The Morgan fingerprint density at radius 3 is 2.44 bits per heavy atom. The van der Waals surface area contributed by atoms with Gasteiger partial charge in [-0.25, -0.2) is 4.98 Å². The molecule has 3 rings (SSSR count). The molecule has 27 heavy (non-hydrogen) atoms. The van der Waals surface area contributed by atoms with Crippen LogP contribution in [0.3, 0.4) is 0 Å². The third kappa shape index (κ3) is 5.23. The summed E-state index contributed by atoms with van der Waals surface area (Å²) < 4.78 is 0. The standard InChI is InChI=1S/C20H30N4O2S/c1-2-16-19(26)21-17(22-20(16)27)9-10-18(25)24-13-11-23(12-14-24)15-7-5-3-4-6-8-15/h2,15H,1,3-14H2,(H2,21,22,26,27). The molecule has 1 saturated carbocycles. The maximum Gasteiger partial charge on any atom is 0.259 e. The summed E-state index contributed by atoms with van der Waals surface area (Å²) in [6.07, 6.45) is 10.2. The van der Waals surface area contributed by atoms with Crippen molar-refractivity contribution in [2.24, 2.45) is 0 Å². The molecule has 1 aromatic heterocycles. The summed E-state index contributed by atoms with van der Waals surface area (Å²) in [6, 6.07) is 0.705. The van der Waals surface area contributed by atoms with E-state index in [1.807, 2.05) is 4.90 Å². The topological polar surface area (TPSA) is 69.3 Å². The van der Waals surface area contributed by atoms with Gasteiger partial charge in [-0.3, -0.25) is 14.5 Å². The Hall–Kier alpha value is -1.60. The molecule has 1 amide bonds. The lowest BCUT2D eigenvalue weighted by Crippen LogP contribution is -2.51. The number of hydrogen-bond donors (Lipinski definition) is 2. The molecule has 148 valence electrons. The van der Waals surface area contributed by atoms with Gasteiger partial charge in [-0.05, 0) is 12.8 Å². The zero-order valence-electron chi connectivity index (χ0n) is 16.0. The number of carbonyl (C=O) groups excluding carboxylic acids is 1. The molecular weight excluding hydrogens is 360 g/mol. The molecule has 7 heteroatoms. The van der Waals surface area contributed by atoms with Crippen LogP contribution in [0.5, 0.6) is 0 Å². The fraction of sp³-hybridized carbons (Fsp3) is 0.650. The number of aromatic nitrogens is 2. The van der Waals surface area contributed by atoms with Crippen LogP contribution in [0.1, 0.15) is 56.3 Å². The number of amides is 1. The third-order valence-corrected chi connectivity index (χ3v) is 6.11. The number of aryl methyl sites for hydroxylation is 1. The van der Waals surface area contributed by atoms with Crippen LogP contribution in [-0.4, -0.2) is 57.9 Å². The molecule has 1 saturated heterocycles. The van der Waals surface area contributed by atoms with Crippen molar-refractivity contribution in [2.45, 2.75) is 62.4 Å². The average molecular weight is 391 g/mol. The molecule has 0 unspecified atom stereocenters. The smallest absolute Gasteiger partial charge is 0.259 e. The lowest BCUT2D eigenvalue weighted by molar-refractivity contribution is -0.133. The number of rotatable bonds is 5. The van der Waals surface area contributed by atoms with Crippen LogP contribution < -0.4 is 5.56 Å². The molecule has 2 aliphatic rings. The third-order valence-electron chi connectivity index (χ3n) is 5.77. The van der Waals surface area contributed by atoms with Crippen LogP contribution in [0, 0.1) is 0 Å². The van der Waals surface area contributed by atoms with Crippen molar-refractivity contribution in [3.63, 3.8) is 0 Å². The van der Waals surface area contributed by atoms with Crippen LogP contribution in [-0.2, 0) is 11.2 Å². The van der Waals surface area contributed by atoms with Gasteiger partial charge < -0.3 is 9.88 Å². The van der Waals surface area contributed by atoms with Crippen LogP contribution in [0.4, 0.5) is 0 Å². The van der Waals surface area contributed by atoms with Crippen molar-refractivity contribution in [2.75, 3.05) is 26.2 Å². The molecule has 2 heterocycles. The second kappa shape index (κ2) is 9.55. The Balaban J connectivity index is 1.48. The summed E-state index contributed by atoms with van der Waals surface area (Å²) in [5.74, 6) is 0.632. The van der Waals surface area contributed by atoms with Gasteiger partial charge in [-0.2, -0.15) is 0 Å². The zero-order valence-corrected chi connectivity index (χ0v) is 16.8. The first-order chi connectivity index (χ1) is 13.1. The van der Waals surface area contributed by atoms with Crippen LogP contribution in [0.2, 0.25) is 0 Å². The second-order valence-electron chi connectivity index (χ2n) is 7.52. The van der Waals surface area contributed by atoms with Crippen molar-refractivity contribution < 1.29 is 4.79 Å². The summed E-state index contributed by atoms with van der Waals surface area (Å²) in [7, 11) is 0. The van der Waals surface area contributed by atoms with E-state index in [2.05, 4.69) is 34.1 Å². The zero-order chi connectivity index (χ0) is 19.2. The molecule has 1 aromatic rings. The largest absolute Gasteiger partial charge is 0.340 e. The molecule has 0 radical (unpaired) electrons. The summed E-state index contributed by atoms with van der Waals surface area (Å²) in [6.45, 7) is 7.13. The first-order valence-electron chi connectivity index (χ1n) is 10.0. The van der Waals surface area contributed by atoms with Gasteiger partial charge in [0.2, 0.25) is 5.91 Å². The minimum Gasteiger partial charge on any atom is -0.340 e. The highest BCUT2D eigenvalue weighted by Crippen LogP contribution is 2.23. The van der Waals surface area contributed by atoms with Crippen molar-refractivity contribution in [3.05, 3.63) is 28.3 Å². The van der Waals surface area contributed by atoms with E-state index in [9.17, 15) is 9.59 Å². The highest BCUT2D eigenvalue weighted by molar-refractivity contribution is 7.80. The number of piperazine rings is 1. The number of H-pyrrole nitrogens is 1. The second-order valence-corrected chi connectivity index (χ2v) is 7.94. The predicted octanol–water partition coefficient (Wildman–Crippen LogP) is 2.50. The van der Waals surface area contributed by atoms with Gasteiger partial charge >= 0.3 is 0 Å². The van der Waals surface area contributed by atoms with Gasteiger partial charge in [0.15, 0.2) is 0 Å². The molecule has 0 spiro atoms. The Bertz CT molecular complexity index is 717. The van der Waals surface area contributed by atoms with E-state index >= 15 is 0 Å². The van der Waals surface area contributed by atoms with Crippen molar-refractivity contribution in [3.8, 4) is 0 Å². The quantitative estimate of drug-likeness (QED) is 0.460. The predicted molar refractivity (Wildman–Crippen MR) is 110 cm³/mol. The number of aromatic amines is 1. The maximum absolute atomic E-state index is 12.6. The van der Waals surface area contributed by atoms with Gasteiger partial charge in [0, 0.05) is 45.1 Å². The molecule has 0 atom stereocenters. The molecule has 1 aliphatic heterocycles. The fourth-order valence-electron chi connectivity index (χ4n) is 4.16. The van der Waals surface area contributed by atoms with Gasteiger partial charge in [0.1, 0.15) is 10.9 Å². The minimum absolute atomic E-state index is 0.131. The summed E-state index contributed by atoms with van der Waals surface area (Å²) in [4.78, 5) is 36.0. The fourth-order valence-corrected chi connectivity index (χ4v) is 4.47. The van der Waals surface area contributed by atoms with Crippen LogP contribution >= 0.6 is 12.6 Å². The van der Waals surface area contributed by atoms with E-state index in [0.717, 1.165) is 26.2 Å². The SMILES string of the molecule is C=Cc1c(S)nc(CCC(=O)N2CCN(C3CCCCCC3)CC2)[nH]c1=O. The average Bonchev–Trinajstić information content (AvgIpc) is 2.95. The van der Waals surface area contributed by atoms with Crippen molar-refractivity contribution in [1.29, 1.82) is 0 Å². The number of thiol groups is 1. The molecule has 1 N–H and O–H groups in total. The molecular formula is C20H30N4O2S. The van der Waals surface area contributed by atoms with E-state index in [1.54, 1.807) is 0 Å².